The molecule has 0 amide bonds. The second kappa shape index (κ2) is 11.5. The normalized spacial score (nSPS) is 32.7. The lowest BCUT2D eigenvalue weighted by Gasteiger charge is -2.40. The third-order valence-electron chi connectivity index (χ3n) is 5.52. The Bertz CT molecular complexity index is 687. The minimum Gasteiger partial charge on any atom is -0.372 e. The van der Waals surface area contributed by atoms with E-state index in [-0.39, 0.29) is 18.8 Å². The number of ether oxygens (including phenoxy) is 1. The zero-order valence-corrected chi connectivity index (χ0v) is 20.5. The van der Waals surface area contributed by atoms with E-state index in [2.05, 4.69) is 20.3 Å². The van der Waals surface area contributed by atoms with Crippen LogP contribution in [0.5, 0.6) is 0 Å². The second-order valence-electron chi connectivity index (χ2n) is 7.39. The van der Waals surface area contributed by atoms with Gasteiger partial charge in [0.25, 0.3) is 0 Å². The Kier molecular flexibility index (Phi) is 10.2. The van der Waals surface area contributed by atoms with Crippen molar-refractivity contribution in [3.8, 4) is 0 Å². The number of unbranched alkanes of at least 4 members (excludes halogenated alkanes) is 1. The predicted molar refractivity (Wildman–Crippen MR) is 108 cm³/mol. The minimum absolute atomic E-state index is 0.126. The van der Waals surface area contributed by atoms with E-state index in [1.54, 1.807) is 0 Å². The quantitative estimate of drug-likeness (QED) is 0.325. The highest BCUT2D eigenvalue weighted by molar-refractivity contribution is 7.67. The van der Waals surface area contributed by atoms with Gasteiger partial charge in [0.15, 0.2) is 0 Å². The van der Waals surface area contributed by atoms with Crippen LogP contribution in [0, 0.1) is 11.8 Å². The zero-order valence-electron chi connectivity index (χ0n) is 17.8. The summed E-state index contributed by atoms with van der Waals surface area (Å²) in [5.74, 6) is 1.24. The number of rotatable bonds is 14. The van der Waals surface area contributed by atoms with Gasteiger partial charge in [-0.25, -0.2) is 13.7 Å². The first-order chi connectivity index (χ1) is 14.1. The average Bonchev–Trinajstić information content (AvgIpc) is 3.13. The highest BCUT2D eigenvalue weighted by Crippen LogP contribution is 2.71. The van der Waals surface area contributed by atoms with Gasteiger partial charge in [0.1, 0.15) is 0 Å². The standard InChI is InChI=1S/C16H33O11P3/c1-5-6-7-13-8-10-15(13)16-11-9-14(25-16)12-24-29(19,22-3)27-30(20,23-4)26-28(17,18)21-2/h13-16H,5-12H2,1-4H3,(H,17,18)/t13-,14+,15?,16-,29?,30?/m1/s1. The lowest BCUT2D eigenvalue weighted by Crippen LogP contribution is -2.36. The molecule has 2 rings (SSSR count). The molecule has 178 valence electrons. The zero-order chi connectivity index (χ0) is 22.4. The summed E-state index contributed by atoms with van der Waals surface area (Å²) in [5, 5.41) is 0. The average molecular weight is 494 g/mol. The summed E-state index contributed by atoms with van der Waals surface area (Å²) in [6.07, 6.45) is 7.45. The molecule has 14 heteroatoms. The summed E-state index contributed by atoms with van der Waals surface area (Å²) >= 11 is 0. The maximum absolute atomic E-state index is 12.7. The fourth-order valence-corrected chi connectivity index (χ4v) is 7.82. The molecule has 0 aromatic carbocycles. The van der Waals surface area contributed by atoms with Gasteiger partial charge in [-0.3, -0.25) is 18.1 Å². The first-order valence-electron chi connectivity index (χ1n) is 10.0. The summed E-state index contributed by atoms with van der Waals surface area (Å²) in [6.45, 7) is 2.06. The van der Waals surface area contributed by atoms with Gasteiger partial charge < -0.3 is 9.63 Å². The van der Waals surface area contributed by atoms with E-state index < -0.39 is 23.5 Å². The van der Waals surface area contributed by atoms with E-state index in [4.69, 9.17) is 18.1 Å². The number of phosphoric ester groups is 2. The third-order valence-corrected chi connectivity index (χ3v) is 10.6. The van der Waals surface area contributed by atoms with Crippen LogP contribution >= 0.6 is 23.5 Å². The molecule has 1 saturated heterocycles. The van der Waals surface area contributed by atoms with Crippen LogP contribution in [0.25, 0.3) is 0 Å². The second-order valence-corrected chi connectivity index (χ2v) is 12.8. The van der Waals surface area contributed by atoms with Crippen molar-refractivity contribution in [1.82, 2.24) is 0 Å². The van der Waals surface area contributed by atoms with E-state index in [0.29, 0.717) is 11.8 Å². The molecule has 1 aliphatic carbocycles. The molecule has 7 atom stereocenters. The Hall–Kier alpha value is 0.370. The molecule has 1 heterocycles. The van der Waals surface area contributed by atoms with Crippen LogP contribution in [0.4, 0.5) is 0 Å². The number of phosphoric acid groups is 3. The highest BCUT2D eigenvalue weighted by atomic mass is 31.3. The summed E-state index contributed by atoms with van der Waals surface area (Å²) in [4.78, 5) is 9.33. The maximum atomic E-state index is 12.7. The van der Waals surface area contributed by atoms with Crippen LogP contribution in [0.3, 0.4) is 0 Å². The van der Waals surface area contributed by atoms with E-state index in [0.717, 1.165) is 40.6 Å². The Balaban J connectivity index is 1.88. The summed E-state index contributed by atoms with van der Waals surface area (Å²) in [6, 6.07) is 0. The molecule has 1 aliphatic heterocycles. The molecule has 1 N–H and O–H groups in total. The van der Waals surface area contributed by atoms with Crippen molar-refractivity contribution in [3.63, 3.8) is 0 Å². The van der Waals surface area contributed by atoms with Crippen molar-refractivity contribution in [2.45, 2.75) is 64.1 Å². The fourth-order valence-electron chi connectivity index (χ4n) is 3.73. The Labute approximate surface area is 177 Å². The largest absolute Gasteiger partial charge is 0.492 e. The molecule has 1 saturated carbocycles. The summed E-state index contributed by atoms with van der Waals surface area (Å²) < 4.78 is 70.4. The van der Waals surface area contributed by atoms with Gasteiger partial charge in [-0.15, -0.1) is 0 Å². The molecular weight excluding hydrogens is 461 g/mol. The van der Waals surface area contributed by atoms with Crippen LogP contribution in [0.15, 0.2) is 0 Å². The Morgan fingerprint density at radius 1 is 0.933 bits per heavy atom. The molecule has 0 radical (unpaired) electrons. The lowest BCUT2D eigenvalue weighted by molar-refractivity contribution is -0.0557. The molecule has 0 bridgehead atoms. The van der Waals surface area contributed by atoms with Crippen molar-refractivity contribution >= 4 is 23.5 Å². The van der Waals surface area contributed by atoms with Gasteiger partial charge in [-0.1, -0.05) is 26.2 Å². The van der Waals surface area contributed by atoms with Crippen LogP contribution in [-0.4, -0.2) is 45.0 Å². The van der Waals surface area contributed by atoms with Gasteiger partial charge in [0.05, 0.1) is 18.8 Å². The topological polar surface area (TPSA) is 136 Å². The van der Waals surface area contributed by atoms with Gasteiger partial charge in [0.2, 0.25) is 0 Å². The molecule has 0 aromatic heterocycles. The van der Waals surface area contributed by atoms with Crippen LogP contribution in [-0.2, 0) is 45.1 Å². The maximum Gasteiger partial charge on any atom is 0.492 e. The number of hydrogen-bond acceptors (Lipinski definition) is 10. The Morgan fingerprint density at radius 2 is 1.63 bits per heavy atom. The van der Waals surface area contributed by atoms with Crippen LogP contribution < -0.4 is 0 Å². The van der Waals surface area contributed by atoms with E-state index >= 15 is 0 Å². The van der Waals surface area contributed by atoms with Gasteiger partial charge in [-0.2, -0.15) is 8.62 Å². The van der Waals surface area contributed by atoms with Crippen molar-refractivity contribution in [2.75, 3.05) is 27.9 Å². The van der Waals surface area contributed by atoms with Crippen LogP contribution in [0.1, 0.15) is 51.9 Å². The van der Waals surface area contributed by atoms with Gasteiger partial charge in [-0.05, 0) is 37.5 Å². The molecule has 0 aromatic rings. The first-order valence-corrected chi connectivity index (χ1v) is 14.4. The first kappa shape index (κ1) is 26.6. The number of hydrogen-bond donors (Lipinski definition) is 1. The molecular formula is C16H33O11P3. The highest BCUT2D eigenvalue weighted by Gasteiger charge is 2.46. The molecule has 0 spiro atoms. The Morgan fingerprint density at radius 3 is 2.17 bits per heavy atom. The van der Waals surface area contributed by atoms with E-state index in [9.17, 15) is 18.6 Å². The van der Waals surface area contributed by atoms with Crippen LogP contribution in [0.2, 0.25) is 0 Å². The molecule has 2 aliphatic rings. The SMILES string of the molecule is CCCC[C@@H]1CCC1[C@H]1CC[C@@H](COP(=O)(OC)OP(=O)(OC)OP(=O)(O)OC)O1. The lowest BCUT2D eigenvalue weighted by atomic mass is 9.68. The van der Waals surface area contributed by atoms with Crippen molar-refractivity contribution in [2.24, 2.45) is 11.8 Å². The van der Waals surface area contributed by atoms with Gasteiger partial charge in [0, 0.05) is 21.3 Å². The molecule has 2 fully saturated rings. The fraction of sp³-hybridized carbons (Fsp3) is 1.00. The predicted octanol–water partition coefficient (Wildman–Crippen LogP) is 5.06. The van der Waals surface area contributed by atoms with Crippen molar-refractivity contribution in [3.05, 3.63) is 0 Å². The molecule has 11 nitrogen and oxygen atoms in total. The smallest absolute Gasteiger partial charge is 0.372 e. The molecule has 30 heavy (non-hydrogen) atoms. The van der Waals surface area contributed by atoms with E-state index in [1.807, 2.05) is 0 Å². The van der Waals surface area contributed by atoms with Crippen molar-refractivity contribution < 1.29 is 50.0 Å². The van der Waals surface area contributed by atoms with Gasteiger partial charge >= 0.3 is 23.5 Å². The van der Waals surface area contributed by atoms with E-state index in [1.165, 1.54) is 25.7 Å². The molecule has 4 unspecified atom stereocenters. The third kappa shape index (κ3) is 7.46. The summed E-state index contributed by atoms with van der Waals surface area (Å²) in [7, 11) is -11.2. The monoisotopic (exact) mass is 494 g/mol. The van der Waals surface area contributed by atoms with Crippen molar-refractivity contribution in [1.29, 1.82) is 0 Å². The summed E-state index contributed by atoms with van der Waals surface area (Å²) in [5.41, 5.74) is 0. The minimum atomic E-state index is -4.77.